The van der Waals surface area contributed by atoms with Gasteiger partial charge in [-0.1, -0.05) is 35.5 Å². The smallest absolute Gasteiger partial charge is 0.274 e. The van der Waals surface area contributed by atoms with E-state index in [9.17, 15) is 4.79 Å². The molecule has 2 N–H and O–H groups in total. The molecule has 0 saturated carbocycles. The number of nitrogens with one attached hydrogen (secondary N) is 2. The Morgan fingerprint density at radius 3 is 2.59 bits per heavy atom. The normalized spacial score (nSPS) is 10.4. The third-order valence-electron chi connectivity index (χ3n) is 4.00. The van der Waals surface area contributed by atoms with Crippen LogP contribution >= 0.6 is 0 Å². The van der Waals surface area contributed by atoms with Gasteiger partial charge in [0, 0.05) is 18.0 Å². The molecule has 0 bridgehead atoms. The summed E-state index contributed by atoms with van der Waals surface area (Å²) >= 11 is 0. The van der Waals surface area contributed by atoms with E-state index in [1.165, 1.54) is 0 Å². The second-order valence-corrected chi connectivity index (χ2v) is 6.24. The molecule has 0 atom stereocenters. The van der Waals surface area contributed by atoms with Crippen LogP contribution < -0.4 is 15.4 Å². The molecule has 144 valence electrons. The number of pyridine rings is 1. The van der Waals surface area contributed by atoms with E-state index < -0.39 is 0 Å². The Morgan fingerprint density at radius 2 is 1.79 bits per heavy atom. The monoisotopic (exact) mass is 386 g/mol. The Bertz CT molecular complexity index is 1130. The quantitative estimate of drug-likeness (QED) is 0.475. The van der Waals surface area contributed by atoms with Gasteiger partial charge in [-0.05, 0) is 43.3 Å². The predicted molar refractivity (Wildman–Crippen MR) is 110 cm³/mol. The molecular weight excluding hydrogens is 368 g/mol. The first-order chi connectivity index (χ1) is 14.2. The number of amides is 1. The van der Waals surface area contributed by atoms with Crippen LogP contribution in [0, 0.1) is 6.92 Å². The van der Waals surface area contributed by atoms with E-state index >= 15 is 0 Å². The van der Waals surface area contributed by atoms with Gasteiger partial charge in [0.05, 0.1) is 5.69 Å². The summed E-state index contributed by atoms with van der Waals surface area (Å²) in [6.45, 7) is 1.80. The van der Waals surface area contributed by atoms with Crippen molar-refractivity contribution in [3.63, 3.8) is 0 Å². The Kier molecular flexibility index (Phi) is 5.20. The summed E-state index contributed by atoms with van der Waals surface area (Å²) in [4.78, 5) is 16.9. The molecule has 29 heavy (non-hydrogen) atoms. The highest BCUT2D eigenvalue weighted by atomic mass is 16.5. The number of aromatic nitrogens is 2. The lowest BCUT2D eigenvalue weighted by Crippen LogP contribution is -2.14. The van der Waals surface area contributed by atoms with E-state index in [0.717, 1.165) is 0 Å². The van der Waals surface area contributed by atoms with Gasteiger partial charge >= 0.3 is 0 Å². The first kappa shape index (κ1) is 18.2. The zero-order valence-electron chi connectivity index (χ0n) is 15.6. The molecule has 1 amide bonds. The van der Waals surface area contributed by atoms with E-state index in [4.69, 9.17) is 9.26 Å². The first-order valence-corrected chi connectivity index (χ1v) is 8.97. The molecule has 0 radical (unpaired) electrons. The van der Waals surface area contributed by atoms with Crippen LogP contribution in [0.3, 0.4) is 0 Å². The fourth-order valence-corrected chi connectivity index (χ4v) is 2.67. The van der Waals surface area contributed by atoms with Gasteiger partial charge in [0.2, 0.25) is 0 Å². The second kappa shape index (κ2) is 8.26. The number of para-hydroxylation sites is 3. The molecule has 0 aliphatic rings. The number of hydrogen-bond donors (Lipinski definition) is 2. The third-order valence-corrected chi connectivity index (χ3v) is 4.00. The summed E-state index contributed by atoms with van der Waals surface area (Å²) in [5.41, 5.74) is 1.48. The molecule has 2 aromatic heterocycles. The standard InChI is InChI=1S/C22H18N4O3/c1-15-13-21(26-29-15)24-16-11-12-23-19(14-16)22(27)25-18-9-5-6-10-20(18)28-17-7-3-2-4-8-17/h2-14H,1H3,(H,25,27)(H,23,24,26). The van der Waals surface area contributed by atoms with Crippen LogP contribution in [0.5, 0.6) is 11.5 Å². The summed E-state index contributed by atoms with van der Waals surface area (Å²) < 4.78 is 10.9. The fourth-order valence-electron chi connectivity index (χ4n) is 2.67. The number of carbonyl (C=O) groups excluding carboxylic acids is 1. The van der Waals surface area contributed by atoms with Crippen molar-refractivity contribution in [3.8, 4) is 11.5 Å². The zero-order chi connectivity index (χ0) is 20.1. The first-order valence-electron chi connectivity index (χ1n) is 8.97. The van der Waals surface area contributed by atoms with Crippen molar-refractivity contribution in [1.82, 2.24) is 10.1 Å². The molecule has 2 heterocycles. The molecule has 7 nitrogen and oxygen atoms in total. The fraction of sp³-hybridized carbons (Fsp3) is 0.0455. The average molecular weight is 386 g/mol. The predicted octanol–water partition coefficient (Wildman–Crippen LogP) is 5.17. The van der Waals surface area contributed by atoms with Crippen LogP contribution in [-0.2, 0) is 0 Å². The van der Waals surface area contributed by atoms with Crippen molar-refractivity contribution < 1.29 is 14.1 Å². The van der Waals surface area contributed by atoms with Gasteiger partial charge in [-0.15, -0.1) is 0 Å². The number of anilines is 3. The highest BCUT2D eigenvalue weighted by Gasteiger charge is 2.13. The summed E-state index contributed by atoms with van der Waals surface area (Å²) in [6.07, 6.45) is 1.55. The molecule has 0 spiro atoms. The molecule has 0 unspecified atom stereocenters. The molecule has 7 heteroatoms. The van der Waals surface area contributed by atoms with Crippen LogP contribution in [0.25, 0.3) is 0 Å². The highest BCUT2D eigenvalue weighted by Crippen LogP contribution is 2.29. The number of hydrogen-bond acceptors (Lipinski definition) is 6. The van der Waals surface area contributed by atoms with Gasteiger partial charge in [-0.3, -0.25) is 9.78 Å². The average Bonchev–Trinajstić information content (AvgIpc) is 3.15. The van der Waals surface area contributed by atoms with E-state index in [1.54, 1.807) is 43.5 Å². The van der Waals surface area contributed by atoms with Gasteiger partial charge < -0.3 is 19.9 Å². The van der Waals surface area contributed by atoms with Crippen molar-refractivity contribution in [1.29, 1.82) is 0 Å². The second-order valence-electron chi connectivity index (χ2n) is 6.24. The number of rotatable bonds is 6. The maximum absolute atomic E-state index is 12.7. The molecule has 4 rings (SSSR count). The van der Waals surface area contributed by atoms with Crippen LogP contribution in [0.15, 0.2) is 83.5 Å². The molecule has 0 aliphatic heterocycles. The molecular formula is C22H18N4O3. The SMILES string of the molecule is Cc1cc(Nc2ccnc(C(=O)Nc3ccccc3Oc3ccccc3)c2)no1. The topological polar surface area (TPSA) is 89.3 Å². The number of benzene rings is 2. The van der Waals surface area contributed by atoms with Crippen LogP contribution in [0.4, 0.5) is 17.2 Å². The number of carbonyl (C=O) groups is 1. The Labute approximate surface area is 167 Å². The van der Waals surface area contributed by atoms with E-state index in [2.05, 4.69) is 20.8 Å². The Balaban J connectivity index is 1.50. The van der Waals surface area contributed by atoms with E-state index in [0.29, 0.717) is 34.5 Å². The minimum atomic E-state index is -0.353. The molecule has 4 aromatic rings. The molecule has 0 fully saturated rings. The minimum Gasteiger partial charge on any atom is -0.455 e. The summed E-state index contributed by atoms with van der Waals surface area (Å²) in [5, 5.41) is 9.81. The van der Waals surface area contributed by atoms with E-state index in [1.807, 2.05) is 42.5 Å². The van der Waals surface area contributed by atoms with Gasteiger partial charge in [0.25, 0.3) is 5.91 Å². The summed E-state index contributed by atoms with van der Waals surface area (Å²) in [6, 6.07) is 21.8. The number of ether oxygens (including phenoxy) is 1. The Morgan fingerprint density at radius 1 is 1.00 bits per heavy atom. The van der Waals surface area contributed by atoms with Crippen molar-refractivity contribution in [2.45, 2.75) is 6.92 Å². The van der Waals surface area contributed by atoms with Crippen molar-refractivity contribution >= 4 is 23.1 Å². The lowest BCUT2D eigenvalue weighted by atomic mass is 10.2. The van der Waals surface area contributed by atoms with Crippen LogP contribution in [-0.4, -0.2) is 16.0 Å². The highest BCUT2D eigenvalue weighted by molar-refractivity contribution is 6.04. The maximum atomic E-state index is 12.7. The summed E-state index contributed by atoms with van der Waals surface area (Å²) in [5.74, 6) is 2.12. The zero-order valence-corrected chi connectivity index (χ0v) is 15.6. The lowest BCUT2D eigenvalue weighted by molar-refractivity contribution is 0.102. The molecule has 2 aromatic carbocycles. The van der Waals surface area contributed by atoms with Crippen molar-refractivity contribution in [2.75, 3.05) is 10.6 Å². The van der Waals surface area contributed by atoms with Crippen molar-refractivity contribution in [3.05, 3.63) is 90.4 Å². The van der Waals surface area contributed by atoms with E-state index in [-0.39, 0.29) is 11.6 Å². The lowest BCUT2D eigenvalue weighted by Gasteiger charge is -2.12. The van der Waals surface area contributed by atoms with Gasteiger partial charge in [0.15, 0.2) is 11.6 Å². The largest absolute Gasteiger partial charge is 0.455 e. The third kappa shape index (κ3) is 4.59. The minimum absolute atomic E-state index is 0.254. The maximum Gasteiger partial charge on any atom is 0.274 e. The number of aryl methyl sites for hydroxylation is 1. The number of nitrogens with zero attached hydrogens (tertiary/aromatic N) is 2. The molecule has 0 aliphatic carbocycles. The van der Waals surface area contributed by atoms with Gasteiger partial charge in [0.1, 0.15) is 17.2 Å². The van der Waals surface area contributed by atoms with Gasteiger partial charge in [-0.2, -0.15) is 0 Å². The Hall–Kier alpha value is -4.13. The van der Waals surface area contributed by atoms with Crippen LogP contribution in [0.1, 0.15) is 16.2 Å². The van der Waals surface area contributed by atoms with Crippen molar-refractivity contribution in [2.24, 2.45) is 0 Å². The molecule has 0 saturated heterocycles. The van der Waals surface area contributed by atoms with Crippen LogP contribution in [0.2, 0.25) is 0 Å². The summed E-state index contributed by atoms with van der Waals surface area (Å²) in [7, 11) is 0. The van der Waals surface area contributed by atoms with Gasteiger partial charge in [-0.25, -0.2) is 0 Å².